The van der Waals surface area contributed by atoms with Crippen molar-refractivity contribution in [3.8, 4) is 0 Å². The van der Waals surface area contributed by atoms with Crippen LogP contribution in [0, 0.1) is 0 Å². The van der Waals surface area contributed by atoms with Crippen LogP contribution in [0.4, 0.5) is 5.69 Å². The number of aromatic amines is 1. The quantitative estimate of drug-likeness (QED) is 0.568. The van der Waals surface area contributed by atoms with E-state index >= 15 is 0 Å². The van der Waals surface area contributed by atoms with Gasteiger partial charge < -0.3 is 16.4 Å². The fraction of sp³-hybridized carbons (Fsp3) is 0.545. The lowest BCUT2D eigenvalue weighted by Crippen LogP contribution is -2.38. The van der Waals surface area contributed by atoms with Crippen LogP contribution < -0.4 is 16.4 Å². The van der Waals surface area contributed by atoms with E-state index in [2.05, 4.69) is 20.8 Å². The van der Waals surface area contributed by atoms with E-state index < -0.39 is 5.91 Å². The van der Waals surface area contributed by atoms with E-state index in [0.717, 1.165) is 18.5 Å². The highest BCUT2D eigenvalue weighted by Gasteiger charge is 2.23. The number of aryl methyl sites for hydroxylation is 1. The van der Waals surface area contributed by atoms with E-state index in [0.29, 0.717) is 12.1 Å². The zero-order chi connectivity index (χ0) is 13.1. The molecule has 2 rings (SSSR count). The van der Waals surface area contributed by atoms with Crippen LogP contribution in [0.1, 0.15) is 35.9 Å². The molecule has 0 saturated heterocycles. The molecule has 0 atom stereocenters. The summed E-state index contributed by atoms with van der Waals surface area (Å²) < 4.78 is 0. The summed E-state index contributed by atoms with van der Waals surface area (Å²) in [4.78, 5) is 23.1. The molecule has 0 unspecified atom stereocenters. The zero-order valence-corrected chi connectivity index (χ0v) is 10.2. The second-order valence-electron chi connectivity index (χ2n) is 4.34. The van der Waals surface area contributed by atoms with E-state index in [-0.39, 0.29) is 24.2 Å². The van der Waals surface area contributed by atoms with E-state index in [1.807, 2.05) is 6.92 Å². The second-order valence-corrected chi connectivity index (χ2v) is 4.34. The van der Waals surface area contributed by atoms with Gasteiger partial charge in [-0.2, -0.15) is 5.10 Å². The van der Waals surface area contributed by atoms with Crippen molar-refractivity contribution in [3.05, 3.63) is 11.4 Å². The molecule has 1 heterocycles. The Morgan fingerprint density at radius 3 is 2.78 bits per heavy atom. The minimum atomic E-state index is -0.436. The Hall–Kier alpha value is -2.05. The topological polar surface area (TPSA) is 113 Å². The normalized spacial score (nSPS) is 14.3. The number of nitrogen functional groups attached to an aromatic ring is 1. The fourth-order valence-corrected chi connectivity index (χ4v) is 1.58. The van der Waals surface area contributed by atoms with Crippen LogP contribution >= 0.6 is 0 Å². The Kier molecular flexibility index (Phi) is 3.50. The molecule has 7 heteroatoms. The number of carbonyl (C=O) groups is 2. The van der Waals surface area contributed by atoms with Gasteiger partial charge in [0.05, 0.1) is 17.9 Å². The molecule has 1 aromatic heterocycles. The average molecular weight is 251 g/mol. The molecule has 0 spiro atoms. The predicted octanol–water partition coefficient (Wildman–Crippen LogP) is -0.437. The summed E-state index contributed by atoms with van der Waals surface area (Å²) in [5.74, 6) is -0.620. The van der Waals surface area contributed by atoms with Crippen molar-refractivity contribution in [1.29, 1.82) is 0 Å². The number of nitrogens with one attached hydrogen (secondary N) is 3. The van der Waals surface area contributed by atoms with Crippen molar-refractivity contribution < 1.29 is 9.59 Å². The molecule has 0 radical (unpaired) electrons. The molecular weight excluding hydrogens is 234 g/mol. The summed E-state index contributed by atoms with van der Waals surface area (Å²) >= 11 is 0. The summed E-state index contributed by atoms with van der Waals surface area (Å²) in [6.45, 7) is 1.86. The highest BCUT2D eigenvalue weighted by Crippen LogP contribution is 2.18. The van der Waals surface area contributed by atoms with Crippen LogP contribution in [0.2, 0.25) is 0 Å². The molecule has 1 fully saturated rings. The molecule has 5 N–H and O–H groups in total. The Morgan fingerprint density at radius 2 is 2.22 bits per heavy atom. The molecule has 18 heavy (non-hydrogen) atoms. The van der Waals surface area contributed by atoms with Crippen molar-refractivity contribution in [2.45, 2.75) is 32.2 Å². The first-order chi connectivity index (χ1) is 8.61. The lowest BCUT2D eigenvalue weighted by molar-refractivity contribution is -0.120. The number of hydrogen-bond donors (Lipinski definition) is 4. The third kappa shape index (κ3) is 2.79. The Morgan fingerprint density at radius 1 is 1.50 bits per heavy atom. The van der Waals surface area contributed by atoms with Crippen LogP contribution in [0.3, 0.4) is 0 Å². The fourth-order valence-electron chi connectivity index (χ4n) is 1.58. The van der Waals surface area contributed by atoms with Gasteiger partial charge in [-0.15, -0.1) is 0 Å². The summed E-state index contributed by atoms with van der Waals surface area (Å²) in [5.41, 5.74) is 6.97. The monoisotopic (exact) mass is 251 g/mol. The standard InChI is InChI=1S/C11H17N5O2/c1-2-7-9(12)10(16-15-7)11(18)13-5-8(17)14-6-3-4-6/h6H,2-5,12H2,1H3,(H,13,18)(H,14,17)(H,15,16). The zero-order valence-electron chi connectivity index (χ0n) is 10.2. The maximum absolute atomic E-state index is 11.7. The molecule has 1 aliphatic rings. The van der Waals surface area contributed by atoms with Gasteiger partial charge in [-0.25, -0.2) is 0 Å². The second kappa shape index (κ2) is 5.07. The van der Waals surface area contributed by atoms with Gasteiger partial charge in [-0.1, -0.05) is 6.92 Å². The minimum absolute atomic E-state index is 0.0525. The van der Waals surface area contributed by atoms with Crippen LogP contribution in [0.15, 0.2) is 0 Å². The third-order valence-corrected chi connectivity index (χ3v) is 2.80. The Labute approximate surface area is 105 Å². The maximum Gasteiger partial charge on any atom is 0.274 e. The van der Waals surface area contributed by atoms with Gasteiger partial charge in [-0.05, 0) is 19.3 Å². The van der Waals surface area contributed by atoms with Gasteiger partial charge in [0.1, 0.15) is 0 Å². The van der Waals surface area contributed by atoms with Crippen LogP contribution in [0.5, 0.6) is 0 Å². The maximum atomic E-state index is 11.7. The van der Waals surface area contributed by atoms with E-state index in [1.54, 1.807) is 0 Å². The number of rotatable bonds is 5. The summed E-state index contributed by atoms with van der Waals surface area (Å²) in [6.07, 6.45) is 2.71. The first-order valence-electron chi connectivity index (χ1n) is 6.02. The molecular formula is C11H17N5O2. The third-order valence-electron chi connectivity index (χ3n) is 2.80. The molecule has 7 nitrogen and oxygen atoms in total. The van der Waals surface area contributed by atoms with E-state index in [9.17, 15) is 9.59 Å². The van der Waals surface area contributed by atoms with Gasteiger partial charge in [0.15, 0.2) is 5.69 Å². The molecule has 1 saturated carbocycles. The molecule has 0 aliphatic heterocycles. The van der Waals surface area contributed by atoms with Crippen molar-refractivity contribution >= 4 is 17.5 Å². The lowest BCUT2D eigenvalue weighted by Gasteiger charge is -2.04. The number of nitrogens with zero attached hydrogens (tertiary/aromatic N) is 1. The number of nitrogens with two attached hydrogens (primary N) is 1. The van der Waals surface area contributed by atoms with Crippen molar-refractivity contribution in [2.24, 2.45) is 0 Å². The van der Waals surface area contributed by atoms with Crippen LogP contribution in [-0.4, -0.2) is 34.6 Å². The Balaban J connectivity index is 1.86. The smallest absolute Gasteiger partial charge is 0.274 e. The number of H-pyrrole nitrogens is 1. The summed E-state index contributed by atoms with van der Waals surface area (Å²) in [6, 6.07) is 0.288. The first kappa shape index (κ1) is 12.4. The summed E-state index contributed by atoms with van der Waals surface area (Å²) in [5, 5.41) is 11.8. The predicted molar refractivity (Wildman–Crippen MR) is 65.9 cm³/mol. The number of hydrogen-bond acceptors (Lipinski definition) is 4. The highest BCUT2D eigenvalue weighted by molar-refractivity contribution is 5.99. The number of amides is 2. The minimum Gasteiger partial charge on any atom is -0.395 e. The number of aromatic nitrogens is 2. The molecule has 1 aliphatic carbocycles. The molecule has 0 bridgehead atoms. The lowest BCUT2D eigenvalue weighted by atomic mass is 10.2. The molecule has 98 valence electrons. The molecule has 0 aromatic carbocycles. The van der Waals surface area contributed by atoms with Gasteiger partial charge in [0.2, 0.25) is 5.91 Å². The summed E-state index contributed by atoms with van der Waals surface area (Å²) in [7, 11) is 0. The largest absolute Gasteiger partial charge is 0.395 e. The molecule has 1 aromatic rings. The average Bonchev–Trinajstić information content (AvgIpc) is 3.07. The van der Waals surface area contributed by atoms with E-state index in [4.69, 9.17) is 5.73 Å². The SMILES string of the molecule is CCc1[nH]nc(C(=O)NCC(=O)NC2CC2)c1N. The highest BCUT2D eigenvalue weighted by atomic mass is 16.2. The van der Waals surface area contributed by atoms with Crippen LogP contribution in [-0.2, 0) is 11.2 Å². The number of carbonyl (C=O) groups excluding carboxylic acids is 2. The first-order valence-corrected chi connectivity index (χ1v) is 6.02. The van der Waals surface area contributed by atoms with Gasteiger partial charge in [0.25, 0.3) is 5.91 Å². The van der Waals surface area contributed by atoms with Crippen molar-refractivity contribution in [3.63, 3.8) is 0 Å². The van der Waals surface area contributed by atoms with Gasteiger partial charge >= 0.3 is 0 Å². The van der Waals surface area contributed by atoms with Crippen molar-refractivity contribution in [2.75, 3.05) is 12.3 Å². The van der Waals surface area contributed by atoms with Gasteiger partial charge in [0, 0.05) is 6.04 Å². The van der Waals surface area contributed by atoms with Crippen LogP contribution in [0.25, 0.3) is 0 Å². The molecule has 2 amide bonds. The van der Waals surface area contributed by atoms with E-state index in [1.165, 1.54) is 0 Å². The Bertz CT molecular complexity index is 464. The van der Waals surface area contributed by atoms with Crippen molar-refractivity contribution in [1.82, 2.24) is 20.8 Å². The number of anilines is 1. The van der Waals surface area contributed by atoms with Gasteiger partial charge in [-0.3, -0.25) is 14.7 Å².